The predicted molar refractivity (Wildman–Crippen MR) is 77.7 cm³/mol. The number of benzene rings is 1. The van der Waals surface area contributed by atoms with Crippen molar-refractivity contribution in [3.63, 3.8) is 0 Å². The lowest BCUT2D eigenvalue weighted by Crippen LogP contribution is -2.03. The molecule has 106 valence electrons. The summed E-state index contributed by atoms with van der Waals surface area (Å²) in [5.41, 5.74) is 0.884. The van der Waals surface area contributed by atoms with Crippen LogP contribution < -0.4 is 4.74 Å². The number of para-hydroxylation sites is 1. The summed E-state index contributed by atoms with van der Waals surface area (Å²) in [5, 5.41) is 8.96. The van der Waals surface area contributed by atoms with Gasteiger partial charge in [-0.3, -0.25) is 4.98 Å². The average molecular weight is 301 g/mol. The predicted octanol–water partition coefficient (Wildman–Crippen LogP) is 3.06. The number of fused-ring (bicyclic) bond motifs is 1. The Morgan fingerprint density at radius 3 is 3.00 bits per heavy atom. The Labute approximate surface area is 124 Å². The molecule has 0 atom stereocenters. The molecule has 2 aromatic heterocycles. The minimum atomic E-state index is -0.499. The number of pyridine rings is 1. The number of carbonyl (C=O) groups excluding carboxylic acids is 1. The second-order valence-electron chi connectivity index (χ2n) is 4.06. The molecule has 0 spiro atoms. The van der Waals surface area contributed by atoms with Crippen molar-refractivity contribution >= 4 is 28.2 Å². The van der Waals surface area contributed by atoms with E-state index in [2.05, 4.69) is 15.2 Å². The molecule has 2 heterocycles. The van der Waals surface area contributed by atoms with Gasteiger partial charge in [-0.15, -0.1) is 5.10 Å². The number of ether oxygens (including phenoxy) is 2. The lowest BCUT2D eigenvalue weighted by atomic mass is 10.2. The second kappa shape index (κ2) is 5.84. The zero-order valence-electron chi connectivity index (χ0n) is 11.1. The van der Waals surface area contributed by atoms with Crippen LogP contribution in [0.3, 0.4) is 0 Å². The first kappa shape index (κ1) is 13.4. The van der Waals surface area contributed by atoms with Crippen LogP contribution in [0.5, 0.6) is 10.9 Å². The van der Waals surface area contributed by atoms with Gasteiger partial charge in [0.05, 0.1) is 18.3 Å². The summed E-state index contributed by atoms with van der Waals surface area (Å²) < 4.78 is 10.4. The Hall–Kier alpha value is -2.54. The van der Waals surface area contributed by atoms with Gasteiger partial charge in [0.15, 0.2) is 0 Å². The molecular weight excluding hydrogens is 290 g/mol. The minimum absolute atomic E-state index is 0.167. The maximum Gasteiger partial charge on any atom is 0.369 e. The fourth-order valence-electron chi connectivity index (χ4n) is 1.73. The van der Waals surface area contributed by atoms with E-state index >= 15 is 0 Å². The lowest BCUT2D eigenvalue weighted by Gasteiger charge is -2.02. The highest BCUT2D eigenvalue weighted by atomic mass is 32.1. The Kier molecular flexibility index (Phi) is 3.74. The highest BCUT2D eigenvalue weighted by Gasteiger charge is 2.15. The molecular formula is C14H11N3O3S. The van der Waals surface area contributed by atoms with Gasteiger partial charge in [0.1, 0.15) is 5.75 Å². The first-order chi connectivity index (χ1) is 10.3. The molecule has 0 saturated carbocycles. The average Bonchev–Trinajstić information content (AvgIpc) is 2.96. The quantitative estimate of drug-likeness (QED) is 0.689. The van der Waals surface area contributed by atoms with Crippen LogP contribution in [0.1, 0.15) is 16.7 Å². The molecule has 3 rings (SSSR count). The molecule has 0 bridgehead atoms. The monoisotopic (exact) mass is 301 g/mol. The van der Waals surface area contributed by atoms with Crippen molar-refractivity contribution in [2.45, 2.75) is 6.92 Å². The maximum atomic E-state index is 11.5. The molecule has 6 nitrogen and oxygen atoms in total. The summed E-state index contributed by atoms with van der Waals surface area (Å²) in [4.78, 5) is 15.8. The van der Waals surface area contributed by atoms with Crippen LogP contribution in [0.2, 0.25) is 0 Å². The van der Waals surface area contributed by atoms with Crippen LogP contribution >= 0.6 is 11.3 Å². The highest BCUT2D eigenvalue weighted by molar-refractivity contribution is 7.14. The number of rotatable bonds is 4. The molecule has 0 fully saturated rings. The summed E-state index contributed by atoms with van der Waals surface area (Å²) in [7, 11) is 0. The fourth-order valence-corrected chi connectivity index (χ4v) is 2.34. The molecule has 0 amide bonds. The van der Waals surface area contributed by atoms with Crippen molar-refractivity contribution in [3.8, 4) is 10.9 Å². The highest BCUT2D eigenvalue weighted by Crippen LogP contribution is 2.26. The number of aromatic nitrogens is 3. The van der Waals surface area contributed by atoms with E-state index < -0.39 is 5.97 Å². The third-order valence-corrected chi connectivity index (χ3v) is 3.41. The van der Waals surface area contributed by atoms with E-state index in [1.165, 1.54) is 0 Å². The minimum Gasteiger partial charge on any atom is -0.461 e. The smallest absolute Gasteiger partial charge is 0.369 e. The molecule has 7 heteroatoms. The van der Waals surface area contributed by atoms with Crippen molar-refractivity contribution < 1.29 is 14.3 Å². The van der Waals surface area contributed by atoms with Crippen LogP contribution in [0.4, 0.5) is 0 Å². The Morgan fingerprint density at radius 1 is 1.29 bits per heavy atom. The summed E-state index contributed by atoms with van der Waals surface area (Å²) in [5.74, 6) is 0.0433. The van der Waals surface area contributed by atoms with Crippen molar-refractivity contribution in [3.05, 3.63) is 41.5 Å². The van der Waals surface area contributed by atoms with Gasteiger partial charge in [0, 0.05) is 5.39 Å². The summed E-state index contributed by atoms with van der Waals surface area (Å²) in [6.45, 7) is 2.03. The molecule has 0 aliphatic carbocycles. The number of nitrogens with zero attached hydrogens (tertiary/aromatic N) is 3. The summed E-state index contributed by atoms with van der Waals surface area (Å²) in [6.07, 6.45) is 1.60. The fraction of sp³-hybridized carbons (Fsp3) is 0.143. The lowest BCUT2D eigenvalue weighted by molar-refractivity contribution is 0.0525. The van der Waals surface area contributed by atoms with Crippen LogP contribution in [-0.2, 0) is 4.74 Å². The third kappa shape index (κ3) is 2.97. The van der Waals surface area contributed by atoms with E-state index in [1.54, 1.807) is 13.1 Å². The Bertz CT molecular complexity index is 788. The topological polar surface area (TPSA) is 74.2 Å². The van der Waals surface area contributed by atoms with Crippen molar-refractivity contribution in [1.29, 1.82) is 0 Å². The molecule has 0 N–H and O–H groups in total. The Morgan fingerprint density at radius 2 is 2.14 bits per heavy atom. The summed E-state index contributed by atoms with van der Waals surface area (Å²) in [6, 6.07) is 9.57. The molecule has 3 aromatic rings. The zero-order chi connectivity index (χ0) is 14.7. The van der Waals surface area contributed by atoms with E-state index in [9.17, 15) is 4.79 Å². The van der Waals surface area contributed by atoms with Gasteiger partial charge in [-0.25, -0.2) is 4.79 Å². The summed E-state index contributed by atoms with van der Waals surface area (Å²) >= 11 is 1.03. The number of esters is 1. The number of carbonyl (C=O) groups is 1. The molecule has 0 aliphatic heterocycles. The van der Waals surface area contributed by atoms with Gasteiger partial charge in [-0.2, -0.15) is 0 Å². The Balaban J connectivity index is 1.80. The largest absolute Gasteiger partial charge is 0.461 e. The van der Waals surface area contributed by atoms with Gasteiger partial charge >= 0.3 is 5.97 Å². The van der Waals surface area contributed by atoms with Gasteiger partial charge in [0.25, 0.3) is 5.19 Å². The normalized spacial score (nSPS) is 10.5. The molecule has 0 radical (unpaired) electrons. The van der Waals surface area contributed by atoms with E-state index in [0.29, 0.717) is 12.4 Å². The van der Waals surface area contributed by atoms with Gasteiger partial charge in [-0.1, -0.05) is 23.3 Å². The molecule has 0 unspecified atom stereocenters. The SMILES string of the molecule is CCOC(=O)c1nnc(Oc2cnc3ccccc3c2)s1. The van der Waals surface area contributed by atoms with Gasteiger partial charge in [0.2, 0.25) is 5.01 Å². The van der Waals surface area contributed by atoms with Crippen molar-refractivity contribution in [2.24, 2.45) is 0 Å². The van der Waals surface area contributed by atoms with E-state index in [0.717, 1.165) is 22.2 Å². The zero-order valence-corrected chi connectivity index (χ0v) is 12.0. The second-order valence-corrected chi connectivity index (χ2v) is 5.00. The molecule has 1 aromatic carbocycles. The van der Waals surface area contributed by atoms with Gasteiger partial charge in [-0.05, 0) is 30.4 Å². The van der Waals surface area contributed by atoms with Crippen LogP contribution in [0.25, 0.3) is 10.9 Å². The third-order valence-electron chi connectivity index (χ3n) is 2.63. The van der Waals surface area contributed by atoms with E-state index in [1.807, 2.05) is 30.3 Å². The van der Waals surface area contributed by atoms with Crippen LogP contribution in [-0.4, -0.2) is 27.8 Å². The first-order valence-electron chi connectivity index (χ1n) is 6.29. The molecule has 0 aliphatic rings. The molecule has 0 saturated heterocycles. The van der Waals surface area contributed by atoms with Crippen LogP contribution in [0.15, 0.2) is 36.5 Å². The number of hydrogen-bond donors (Lipinski definition) is 0. The molecule has 21 heavy (non-hydrogen) atoms. The van der Waals surface area contributed by atoms with Crippen molar-refractivity contribution in [2.75, 3.05) is 6.61 Å². The standard InChI is InChI=1S/C14H11N3O3S/c1-2-19-13(18)12-16-17-14(21-12)20-10-7-9-5-3-4-6-11(9)15-8-10/h3-8H,2H2,1H3. The first-order valence-corrected chi connectivity index (χ1v) is 7.11. The van der Waals surface area contributed by atoms with E-state index in [4.69, 9.17) is 9.47 Å². The van der Waals surface area contributed by atoms with E-state index in [-0.39, 0.29) is 10.2 Å². The van der Waals surface area contributed by atoms with Crippen LogP contribution in [0, 0.1) is 0 Å². The number of hydrogen-bond acceptors (Lipinski definition) is 7. The van der Waals surface area contributed by atoms with Gasteiger partial charge < -0.3 is 9.47 Å². The maximum absolute atomic E-state index is 11.5. The van der Waals surface area contributed by atoms with Crippen molar-refractivity contribution in [1.82, 2.24) is 15.2 Å².